The van der Waals surface area contributed by atoms with E-state index < -0.39 is 0 Å². The van der Waals surface area contributed by atoms with Crippen LogP contribution in [0.15, 0.2) is 18.5 Å². The van der Waals surface area contributed by atoms with Crippen molar-refractivity contribution in [1.29, 1.82) is 0 Å². The van der Waals surface area contributed by atoms with Crippen LogP contribution in [0.2, 0.25) is 0 Å². The largest absolute Gasteiger partial charge is 0.358 e. The van der Waals surface area contributed by atoms with Crippen LogP contribution in [0.4, 0.5) is 5.82 Å². The maximum Gasteiger partial charge on any atom is 0.244 e. The van der Waals surface area contributed by atoms with Crippen LogP contribution in [0.3, 0.4) is 0 Å². The van der Waals surface area contributed by atoms with Crippen LogP contribution >= 0.6 is 0 Å². The van der Waals surface area contributed by atoms with Gasteiger partial charge in [0.15, 0.2) is 5.65 Å². The van der Waals surface area contributed by atoms with Gasteiger partial charge in [-0.3, -0.25) is 4.79 Å². The number of amides is 1. The van der Waals surface area contributed by atoms with Crippen molar-refractivity contribution in [2.24, 2.45) is 0 Å². The Balaban J connectivity index is 2.26. The molecule has 19 heavy (non-hydrogen) atoms. The van der Waals surface area contributed by atoms with E-state index in [9.17, 15) is 4.79 Å². The molecule has 0 bridgehead atoms. The fraction of sp³-hybridized carbons (Fsp3) is 0.462. The molecule has 6 nitrogen and oxygen atoms in total. The van der Waals surface area contributed by atoms with Crippen molar-refractivity contribution in [3.8, 4) is 0 Å². The molecule has 1 atom stereocenters. The lowest BCUT2D eigenvalue weighted by molar-refractivity contribution is -0.130. The van der Waals surface area contributed by atoms with E-state index >= 15 is 0 Å². The molecule has 2 heterocycles. The Hall–Kier alpha value is -2.11. The fourth-order valence-electron chi connectivity index (χ4n) is 1.93. The molecule has 2 rings (SSSR count). The van der Waals surface area contributed by atoms with Crippen LogP contribution in [0, 0.1) is 6.92 Å². The van der Waals surface area contributed by atoms with E-state index in [1.54, 1.807) is 16.5 Å². The summed E-state index contributed by atoms with van der Waals surface area (Å²) in [5.74, 6) is 0.829. The van der Waals surface area contributed by atoms with E-state index in [1.807, 2.05) is 32.9 Å². The minimum Gasteiger partial charge on any atom is -0.358 e. The lowest BCUT2D eigenvalue weighted by Crippen LogP contribution is -2.39. The maximum absolute atomic E-state index is 12.1. The quantitative estimate of drug-likeness (QED) is 0.901. The highest BCUT2D eigenvalue weighted by Crippen LogP contribution is 2.14. The van der Waals surface area contributed by atoms with Crippen LogP contribution in [0.1, 0.15) is 19.4 Å². The zero-order valence-corrected chi connectivity index (χ0v) is 11.7. The Bertz CT molecular complexity index is 592. The van der Waals surface area contributed by atoms with Gasteiger partial charge >= 0.3 is 0 Å². The molecule has 2 aromatic rings. The Labute approximate surface area is 112 Å². The minimum absolute atomic E-state index is 0.0530. The molecule has 0 aliphatic heterocycles. The van der Waals surface area contributed by atoms with E-state index in [2.05, 4.69) is 15.4 Å². The van der Waals surface area contributed by atoms with Crippen LogP contribution in [-0.4, -0.2) is 45.0 Å². The lowest BCUT2D eigenvalue weighted by atomic mass is 10.2. The number of hydrogen-bond donors (Lipinski definition) is 1. The summed E-state index contributed by atoms with van der Waals surface area (Å²) in [7, 11) is 1.79. The van der Waals surface area contributed by atoms with Crippen molar-refractivity contribution in [3.63, 3.8) is 0 Å². The number of nitrogens with one attached hydrogen (secondary N) is 1. The number of hydrogen-bond acceptors (Lipinski definition) is 4. The van der Waals surface area contributed by atoms with Crippen LogP contribution < -0.4 is 5.32 Å². The molecule has 0 radical (unpaired) electrons. The minimum atomic E-state index is -0.306. The van der Waals surface area contributed by atoms with Crippen molar-refractivity contribution in [2.75, 3.05) is 18.9 Å². The SMILES string of the molecule is CCN(C)C(=O)C(C)Nc1cc(C)cc2ncnn12. The zero-order valence-electron chi connectivity index (χ0n) is 11.7. The van der Waals surface area contributed by atoms with Gasteiger partial charge < -0.3 is 10.2 Å². The molecule has 1 N–H and O–H groups in total. The van der Waals surface area contributed by atoms with Crippen molar-refractivity contribution >= 4 is 17.4 Å². The summed E-state index contributed by atoms with van der Waals surface area (Å²) in [5.41, 5.74) is 1.84. The number of likely N-dealkylation sites (N-methyl/N-ethyl adjacent to an activating group) is 1. The molecule has 0 saturated heterocycles. The number of carbonyl (C=O) groups excluding carboxylic acids is 1. The first-order chi connectivity index (χ1) is 9.02. The van der Waals surface area contributed by atoms with Gasteiger partial charge in [-0.15, -0.1) is 0 Å². The molecule has 2 aromatic heterocycles. The third-order valence-electron chi connectivity index (χ3n) is 3.11. The zero-order chi connectivity index (χ0) is 14.0. The number of anilines is 1. The third kappa shape index (κ3) is 2.67. The molecule has 1 unspecified atom stereocenters. The molecule has 0 aliphatic rings. The van der Waals surface area contributed by atoms with Crippen molar-refractivity contribution in [1.82, 2.24) is 19.5 Å². The molecule has 0 aromatic carbocycles. The number of rotatable bonds is 4. The van der Waals surface area contributed by atoms with Gasteiger partial charge in [0.25, 0.3) is 0 Å². The molecule has 6 heteroatoms. The third-order valence-corrected chi connectivity index (χ3v) is 3.11. The summed E-state index contributed by atoms with van der Waals surface area (Å²) < 4.78 is 1.70. The van der Waals surface area contributed by atoms with Crippen molar-refractivity contribution in [2.45, 2.75) is 26.8 Å². The molecule has 102 valence electrons. The van der Waals surface area contributed by atoms with Gasteiger partial charge in [-0.1, -0.05) is 0 Å². The lowest BCUT2D eigenvalue weighted by Gasteiger charge is -2.21. The van der Waals surface area contributed by atoms with Gasteiger partial charge in [0.1, 0.15) is 18.2 Å². The number of fused-ring (bicyclic) bond motifs is 1. The van der Waals surface area contributed by atoms with E-state index in [0.717, 1.165) is 17.0 Å². The van der Waals surface area contributed by atoms with Crippen LogP contribution in [0.5, 0.6) is 0 Å². The molecule has 1 amide bonds. The standard InChI is InChI=1S/C13H19N5O/c1-5-17(4)13(19)10(3)16-12-7-9(2)6-11-14-8-15-18(11)12/h6-8,10,16H,5H2,1-4H3. The van der Waals surface area contributed by atoms with E-state index in [-0.39, 0.29) is 11.9 Å². The van der Waals surface area contributed by atoms with Crippen LogP contribution in [0.25, 0.3) is 5.65 Å². The Morgan fingerprint density at radius 3 is 2.95 bits per heavy atom. The second-order valence-electron chi connectivity index (χ2n) is 4.67. The Kier molecular flexibility index (Phi) is 3.69. The highest BCUT2D eigenvalue weighted by Gasteiger charge is 2.17. The summed E-state index contributed by atoms with van der Waals surface area (Å²) in [6, 6.07) is 3.60. The monoisotopic (exact) mass is 261 g/mol. The van der Waals surface area contributed by atoms with Crippen molar-refractivity contribution < 1.29 is 4.79 Å². The average molecular weight is 261 g/mol. The summed E-state index contributed by atoms with van der Waals surface area (Å²) in [4.78, 5) is 17.9. The second-order valence-corrected chi connectivity index (χ2v) is 4.67. The van der Waals surface area contributed by atoms with Gasteiger partial charge in [-0.2, -0.15) is 9.61 Å². The van der Waals surface area contributed by atoms with Gasteiger partial charge in [0.2, 0.25) is 5.91 Å². The number of aromatic nitrogens is 3. The number of pyridine rings is 1. The average Bonchev–Trinajstić information content (AvgIpc) is 2.84. The molecule has 0 fully saturated rings. The number of aryl methyl sites for hydroxylation is 1. The van der Waals surface area contributed by atoms with E-state index in [0.29, 0.717) is 6.54 Å². The first kappa shape index (κ1) is 13.3. The van der Waals surface area contributed by atoms with Gasteiger partial charge in [0.05, 0.1) is 0 Å². The maximum atomic E-state index is 12.1. The van der Waals surface area contributed by atoms with Crippen molar-refractivity contribution in [3.05, 3.63) is 24.0 Å². The molecule has 0 aliphatic carbocycles. The van der Waals surface area contributed by atoms with Gasteiger partial charge in [-0.05, 0) is 38.5 Å². The Morgan fingerprint density at radius 1 is 1.53 bits per heavy atom. The Morgan fingerprint density at radius 2 is 2.26 bits per heavy atom. The predicted molar refractivity (Wildman–Crippen MR) is 74.1 cm³/mol. The molecular weight excluding hydrogens is 242 g/mol. The normalized spacial score (nSPS) is 12.4. The topological polar surface area (TPSA) is 62.5 Å². The first-order valence-corrected chi connectivity index (χ1v) is 6.34. The van der Waals surface area contributed by atoms with E-state index in [1.165, 1.54) is 6.33 Å². The number of nitrogens with zero attached hydrogens (tertiary/aromatic N) is 4. The van der Waals surface area contributed by atoms with Gasteiger partial charge in [0, 0.05) is 13.6 Å². The summed E-state index contributed by atoms with van der Waals surface area (Å²) in [6.07, 6.45) is 1.50. The summed E-state index contributed by atoms with van der Waals surface area (Å²) in [5, 5.41) is 7.35. The smallest absolute Gasteiger partial charge is 0.244 e. The van der Waals surface area contributed by atoms with Crippen LogP contribution in [-0.2, 0) is 4.79 Å². The summed E-state index contributed by atoms with van der Waals surface area (Å²) in [6.45, 7) is 6.48. The van der Waals surface area contributed by atoms with Gasteiger partial charge in [-0.25, -0.2) is 4.98 Å². The number of carbonyl (C=O) groups is 1. The highest BCUT2D eigenvalue weighted by molar-refractivity contribution is 5.83. The van der Waals surface area contributed by atoms with E-state index in [4.69, 9.17) is 0 Å². The highest BCUT2D eigenvalue weighted by atomic mass is 16.2. The summed E-state index contributed by atoms with van der Waals surface area (Å²) >= 11 is 0. The first-order valence-electron chi connectivity index (χ1n) is 6.34. The molecular formula is C13H19N5O. The molecule has 0 spiro atoms. The molecule has 0 saturated carbocycles. The fourth-order valence-corrected chi connectivity index (χ4v) is 1.93. The second kappa shape index (κ2) is 5.26. The predicted octanol–water partition coefficient (Wildman–Crippen LogP) is 1.32.